The van der Waals surface area contributed by atoms with Crippen LogP contribution in [0.4, 0.5) is 0 Å². The molecule has 3 atom stereocenters. The van der Waals surface area contributed by atoms with Crippen molar-refractivity contribution in [2.24, 2.45) is 11.3 Å². The van der Waals surface area contributed by atoms with Gasteiger partial charge in [-0.15, -0.1) is 0 Å². The standard InChI is InChI=1S/C12H20O3/c1-11(2,3)15-10(14)12-5-4-8(6-12)9(13)7-12/h8-9,13H,4-7H2,1-3H3. The van der Waals surface area contributed by atoms with Gasteiger partial charge < -0.3 is 9.84 Å². The van der Waals surface area contributed by atoms with Crippen molar-refractivity contribution in [2.45, 2.75) is 58.2 Å². The Morgan fingerprint density at radius 2 is 2.07 bits per heavy atom. The summed E-state index contributed by atoms with van der Waals surface area (Å²) in [5.74, 6) is 0.228. The SMILES string of the molecule is CC(C)(C)OC(=O)C12CCC(C1)C(O)C2. The molecule has 2 bridgehead atoms. The predicted molar refractivity (Wildman–Crippen MR) is 56.2 cm³/mol. The molecular formula is C12H20O3. The average molecular weight is 212 g/mol. The maximum Gasteiger partial charge on any atom is 0.312 e. The summed E-state index contributed by atoms with van der Waals surface area (Å²) < 4.78 is 5.44. The van der Waals surface area contributed by atoms with Crippen LogP contribution in [0.2, 0.25) is 0 Å². The second-order valence-electron chi connectivity index (χ2n) is 6.06. The first-order valence-corrected chi connectivity index (χ1v) is 5.74. The highest BCUT2D eigenvalue weighted by molar-refractivity contribution is 5.78. The Hall–Kier alpha value is -0.570. The van der Waals surface area contributed by atoms with E-state index in [0.717, 1.165) is 19.3 Å². The van der Waals surface area contributed by atoms with Crippen molar-refractivity contribution < 1.29 is 14.6 Å². The van der Waals surface area contributed by atoms with Crippen LogP contribution in [0.25, 0.3) is 0 Å². The van der Waals surface area contributed by atoms with Gasteiger partial charge in [0.05, 0.1) is 11.5 Å². The summed E-state index contributed by atoms with van der Waals surface area (Å²) in [6.07, 6.45) is 3.01. The Morgan fingerprint density at radius 3 is 2.47 bits per heavy atom. The van der Waals surface area contributed by atoms with Gasteiger partial charge in [-0.3, -0.25) is 4.79 Å². The Balaban J connectivity index is 2.08. The van der Waals surface area contributed by atoms with Gasteiger partial charge >= 0.3 is 5.97 Å². The van der Waals surface area contributed by atoms with E-state index in [-0.39, 0.29) is 17.5 Å². The molecule has 0 aliphatic heterocycles. The van der Waals surface area contributed by atoms with Crippen molar-refractivity contribution in [1.29, 1.82) is 0 Å². The van der Waals surface area contributed by atoms with Crippen molar-refractivity contribution in [2.75, 3.05) is 0 Å². The molecule has 15 heavy (non-hydrogen) atoms. The van der Waals surface area contributed by atoms with Crippen molar-refractivity contribution in [3.8, 4) is 0 Å². The molecule has 2 aliphatic carbocycles. The van der Waals surface area contributed by atoms with Gasteiger partial charge in [0.15, 0.2) is 0 Å². The largest absolute Gasteiger partial charge is 0.460 e. The number of rotatable bonds is 1. The second kappa shape index (κ2) is 3.21. The molecule has 0 aromatic carbocycles. The molecule has 0 aromatic rings. The van der Waals surface area contributed by atoms with Crippen LogP contribution < -0.4 is 0 Å². The highest BCUT2D eigenvalue weighted by atomic mass is 16.6. The first kappa shape index (κ1) is 10.9. The molecule has 2 fully saturated rings. The molecule has 0 saturated heterocycles. The maximum absolute atomic E-state index is 12.1. The van der Waals surface area contributed by atoms with Crippen LogP contribution in [0.3, 0.4) is 0 Å². The van der Waals surface area contributed by atoms with Gasteiger partial charge in [-0.25, -0.2) is 0 Å². The van der Waals surface area contributed by atoms with E-state index >= 15 is 0 Å². The molecular weight excluding hydrogens is 192 g/mol. The third-order valence-corrected chi connectivity index (χ3v) is 3.62. The van der Waals surface area contributed by atoms with Crippen molar-refractivity contribution in [3.05, 3.63) is 0 Å². The molecule has 3 heteroatoms. The molecule has 2 rings (SSSR count). The summed E-state index contributed by atoms with van der Waals surface area (Å²) in [6.45, 7) is 5.66. The fraction of sp³-hybridized carbons (Fsp3) is 0.917. The van der Waals surface area contributed by atoms with Crippen LogP contribution in [0.1, 0.15) is 46.5 Å². The third-order valence-electron chi connectivity index (χ3n) is 3.62. The van der Waals surface area contributed by atoms with E-state index in [2.05, 4.69) is 0 Å². The highest BCUT2D eigenvalue weighted by Crippen LogP contribution is 2.55. The van der Waals surface area contributed by atoms with E-state index in [0.29, 0.717) is 12.3 Å². The van der Waals surface area contributed by atoms with E-state index in [1.807, 2.05) is 20.8 Å². The smallest absolute Gasteiger partial charge is 0.312 e. The van der Waals surface area contributed by atoms with Gasteiger partial charge in [-0.2, -0.15) is 0 Å². The van der Waals surface area contributed by atoms with Gasteiger partial charge in [0.1, 0.15) is 5.60 Å². The number of aliphatic hydroxyl groups excluding tert-OH is 1. The first-order chi connectivity index (χ1) is 6.82. The Morgan fingerprint density at radius 1 is 1.40 bits per heavy atom. The highest BCUT2D eigenvalue weighted by Gasteiger charge is 2.55. The molecule has 0 heterocycles. The van der Waals surface area contributed by atoms with Gasteiger partial charge in [0, 0.05) is 0 Å². The molecule has 0 radical (unpaired) electrons. The molecule has 86 valence electrons. The predicted octanol–water partition coefficient (Wildman–Crippen LogP) is 1.88. The summed E-state index contributed by atoms with van der Waals surface area (Å²) in [4.78, 5) is 12.1. The van der Waals surface area contributed by atoms with Crippen LogP contribution in [0.15, 0.2) is 0 Å². The van der Waals surface area contributed by atoms with E-state index in [1.54, 1.807) is 0 Å². The van der Waals surface area contributed by atoms with Crippen LogP contribution in [0, 0.1) is 11.3 Å². The van der Waals surface area contributed by atoms with Crippen LogP contribution in [0.5, 0.6) is 0 Å². The Bertz CT molecular complexity index is 275. The summed E-state index contributed by atoms with van der Waals surface area (Å²) in [6, 6.07) is 0. The lowest BCUT2D eigenvalue weighted by atomic mass is 9.83. The Kier molecular flexibility index (Phi) is 2.34. The van der Waals surface area contributed by atoms with E-state index in [4.69, 9.17) is 4.74 Å². The maximum atomic E-state index is 12.1. The summed E-state index contributed by atoms with van der Waals surface area (Å²) in [5.41, 5.74) is -0.783. The number of hydrogen-bond donors (Lipinski definition) is 1. The number of esters is 1. The number of aliphatic hydroxyl groups is 1. The third kappa shape index (κ3) is 1.89. The van der Waals surface area contributed by atoms with Crippen molar-refractivity contribution >= 4 is 5.97 Å². The lowest BCUT2D eigenvalue weighted by Crippen LogP contribution is -2.36. The molecule has 3 unspecified atom stereocenters. The number of carbonyl (C=O) groups excluding carboxylic acids is 1. The van der Waals surface area contributed by atoms with E-state index in [1.165, 1.54) is 0 Å². The number of fused-ring (bicyclic) bond motifs is 2. The topological polar surface area (TPSA) is 46.5 Å². The molecule has 1 N–H and O–H groups in total. The number of hydrogen-bond acceptors (Lipinski definition) is 3. The van der Waals surface area contributed by atoms with Gasteiger partial charge in [-0.1, -0.05) is 0 Å². The molecule has 0 spiro atoms. The second-order valence-corrected chi connectivity index (χ2v) is 6.06. The minimum atomic E-state index is -0.419. The van der Waals surface area contributed by atoms with Crippen LogP contribution >= 0.6 is 0 Å². The summed E-state index contributed by atoms with van der Waals surface area (Å²) >= 11 is 0. The van der Waals surface area contributed by atoms with Crippen molar-refractivity contribution in [1.82, 2.24) is 0 Å². The zero-order valence-electron chi connectivity index (χ0n) is 9.75. The van der Waals surface area contributed by atoms with Gasteiger partial charge in [-0.05, 0) is 52.4 Å². The van der Waals surface area contributed by atoms with E-state index < -0.39 is 5.60 Å². The van der Waals surface area contributed by atoms with Crippen LogP contribution in [-0.2, 0) is 9.53 Å². The first-order valence-electron chi connectivity index (χ1n) is 5.74. The molecule has 2 aliphatic rings. The zero-order chi connectivity index (χ0) is 11.3. The monoisotopic (exact) mass is 212 g/mol. The summed E-state index contributed by atoms with van der Waals surface area (Å²) in [5, 5.41) is 9.72. The minimum absolute atomic E-state index is 0.103. The lowest BCUT2D eigenvalue weighted by molar-refractivity contribution is -0.168. The van der Waals surface area contributed by atoms with Gasteiger partial charge in [0.2, 0.25) is 0 Å². The average Bonchev–Trinajstić information content (AvgIpc) is 2.58. The summed E-state index contributed by atoms with van der Waals surface area (Å²) in [7, 11) is 0. The molecule has 2 saturated carbocycles. The molecule has 3 nitrogen and oxygen atoms in total. The Labute approximate surface area is 90.8 Å². The minimum Gasteiger partial charge on any atom is -0.460 e. The fourth-order valence-electron chi connectivity index (χ4n) is 2.90. The molecule has 0 aromatic heterocycles. The fourth-order valence-corrected chi connectivity index (χ4v) is 2.90. The van der Waals surface area contributed by atoms with Crippen LogP contribution in [-0.4, -0.2) is 22.8 Å². The van der Waals surface area contributed by atoms with Gasteiger partial charge in [0.25, 0.3) is 0 Å². The van der Waals surface area contributed by atoms with E-state index in [9.17, 15) is 9.90 Å². The van der Waals surface area contributed by atoms with Crippen molar-refractivity contribution in [3.63, 3.8) is 0 Å². The quantitative estimate of drug-likeness (QED) is 0.675. The lowest BCUT2D eigenvalue weighted by Gasteiger charge is -2.30. The number of carbonyl (C=O) groups is 1. The zero-order valence-corrected chi connectivity index (χ0v) is 9.75. The number of ether oxygens (including phenoxy) is 1. The molecule has 0 amide bonds. The normalized spacial score (nSPS) is 39.5.